The molecular formula is C21H25F4N5O. The van der Waals surface area contributed by atoms with E-state index >= 15 is 4.39 Å². The van der Waals surface area contributed by atoms with Crippen LogP contribution in [0.25, 0.3) is 0 Å². The second-order valence-electron chi connectivity index (χ2n) is 8.11. The Bertz CT molecular complexity index is 888. The van der Waals surface area contributed by atoms with Crippen LogP contribution in [0, 0.1) is 11.7 Å². The first-order chi connectivity index (χ1) is 14.8. The molecule has 3 N–H and O–H groups in total. The Hall–Kier alpha value is -2.46. The lowest BCUT2D eigenvalue weighted by atomic mass is 9.95. The van der Waals surface area contributed by atoms with Crippen molar-refractivity contribution in [2.24, 2.45) is 5.92 Å². The van der Waals surface area contributed by atoms with Crippen LogP contribution in [0.4, 0.5) is 29.2 Å². The summed E-state index contributed by atoms with van der Waals surface area (Å²) in [5, 5.41) is 16.2. The van der Waals surface area contributed by atoms with Gasteiger partial charge < -0.3 is 20.6 Å². The van der Waals surface area contributed by atoms with Gasteiger partial charge in [-0.25, -0.2) is 9.97 Å². The molecule has 0 radical (unpaired) electrons. The monoisotopic (exact) mass is 439 g/mol. The molecule has 2 atom stereocenters. The van der Waals surface area contributed by atoms with Gasteiger partial charge in [0.1, 0.15) is 6.33 Å². The molecule has 10 heteroatoms. The summed E-state index contributed by atoms with van der Waals surface area (Å²) >= 11 is 0. The van der Waals surface area contributed by atoms with Crippen molar-refractivity contribution in [2.75, 3.05) is 29.9 Å². The molecule has 4 rings (SSSR count). The SMILES string of the molecule is O[C@@H]1CNCC[C@H]1CNc1ncnc(N(Cc2ccc(C(F)(F)F)cc2)C2CC2)c1F. The first-order valence-electron chi connectivity index (χ1n) is 10.4. The Labute approximate surface area is 177 Å². The summed E-state index contributed by atoms with van der Waals surface area (Å²) in [6.07, 6.45) is -1.11. The third-order valence-electron chi connectivity index (χ3n) is 5.79. The third kappa shape index (κ3) is 5.24. The Morgan fingerprint density at radius 3 is 2.52 bits per heavy atom. The third-order valence-corrected chi connectivity index (χ3v) is 5.79. The van der Waals surface area contributed by atoms with Gasteiger partial charge in [0.15, 0.2) is 11.6 Å². The zero-order chi connectivity index (χ0) is 22.0. The number of rotatable bonds is 7. The standard InChI is InChI=1S/C21H25F4N5O/c22-18-19(27-9-14-7-8-26-10-17(14)31)28-12-29-20(18)30(16-5-6-16)11-13-1-3-15(4-2-13)21(23,24)25/h1-4,12,14,16-17,26,31H,5-11H2,(H,27,28,29)/t14-,17+/m0/s1. The van der Waals surface area contributed by atoms with Crippen molar-refractivity contribution in [3.63, 3.8) is 0 Å². The molecule has 2 aliphatic rings. The molecule has 0 spiro atoms. The molecule has 6 nitrogen and oxygen atoms in total. The molecule has 1 aromatic heterocycles. The average Bonchev–Trinajstić information content (AvgIpc) is 3.58. The first kappa shape index (κ1) is 21.8. The van der Waals surface area contributed by atoms with Crippen molar-refractivity contribution >= 4 is 11.6 Å². The molecule has 1 saturated carbocycles. The van der Waals surface area contributed by atoms with Crippen molar-refractivity contribution in [3.8, 4) is 0 Å². The van der Waals surface area contributed by atoms with Crippen molar-refractivity contribution in [2.45, 2.75) is 44.1 Å². The van der Waals surface area contributed by atoms with Crippen LogP contribution in [-0.4, -0.2) is 46.9 Å². The number of alkyl halides is 3. The highest BCUT2D eigenvalue weighted by Gasteiger charge is 2.34. The van der Waals surface area contributed by atoms with Crippen LogP contribution in [0.3, 0.4) is 0 Å². The highest BCUT2D eigenvalue weighted by molar-refractivity contribution is 5.52. The Kier molecular flexibility index (Phi) is 6.29. The number of aliphatic hydroxyl groups excluding tert-OH is 1. The van der Waals surface area contributed by atoms with E-state index in [1.807, 2.05) is 0 Å². The Balaban J connectivity index is 1.49. The Morgan fingerprint density at radius 1 is 1.13 bits per heavy atom. The number of nitrogens with one attached hydrogen (secondary N) is 2. The number of benzene rings is 1. The molecule has 2 heterocycles. The highest BCUT2D eigenvalue weighted by Crippen LogP contribution is 2.35. The second kappa shape index (κ2) is 8.96. The molecule has 31 heavy (non-hydrogen) atoms. The first-order valence-corrected chi connectivity index (χ1v) is 10.4. The lowest BCUT2D eigenvalue weighted by Gasteiger charge is -2.29. The number of β-amino-alcohol motifs (C(OH)–C–C–N with tert-alkyl or cyclic N) is 1. The van der Waals surface area contributed by atoms with E-state index in [0.29, 0.717) is 18.7 Å². The smallest absolute Gasteiger partial charge is 0.391 e. The average molecular weight is 439 g/mol. The number of aliphatic hydroxyl groups is 1. The van der Waals surface area contributed by atoms with Gasteiger partial charge in [-0.05, 0) is 43.5 Å². The molecule has 0 unspecified atom stereocenters. The number of anilines is 2. The number of hydrogen-bond acceptors (Lipinski definition) is 6. The number of aromatic nitrogens is 2. The predicted molar refractivity (Wildman–Crippen MR) is 108 cm³/mol. The summed E-state index contributed by atoms with van der Waals surface area (Å²) < 4.78 is 53.7. The van der Waals surface area contributed by atoms with E-state index in [9.17, 15) is 18.3 Å². The van der Waals surface area contributed by atoms with E-state index in [1.165, 1.54) is 18.5 Å². The van der Waals surface area contributed by atoms with Crippen molar-refractivity contribution in [1.29, 1.82) is 0 Å². The maximum atomic E-state index is 15.2. The lowest BCUT2D eigenvalue weighted by molar-refractivity contribution is -0.137. The molecule has 168 valence electrons. The van der Waals surface area contributed by atoms with Crippen molar-refractivity contribution in [3.05, 3.63) is 47.5 Å². The van der Waals surface area contributed by atoms with Gasteiger partial charge in [0, 0.05) is 31.6 Å². The zero-order valence-electron chi connectivity index (χ0n) is 16.9. The molecular weight excluding hydrogens is 414 g/mol. The van der Waals surface area contributed by atoms with Crippen molar-refractivity contribution in [1.82, 2.24) is 15.3 Å². The molecule has 0 amide bonds. The van der Waals surface area contributed by atoms with E-state index in [2.05, 4.69) is 20.6 Å². The van der Waals surface area contributed by atoms with Gasteiger partial charge >= 0.3 is 6.18 Å². The van der Waals surface area contributed by atoms with Gasteiger partial charge in [-0.3, -0.25) is 0 Å². The van der Waals surface area contributed by atoms with Crippen LogP contribution in [0.1, 0.15) is 30.4 Å². The summed E-state index contributed by atoms with van der Waals surface area (Å²) in [4.78, 5) is 9.92. The molecule has 1 aromatic carbocycles. The predicted octanol–water partition coefficient (Wildman–Crippen LogP) is 3.19. The normalized spacial score (nSPS) is 21.7. The summed E-state index contributed by atoms with van der Waals surface area (Å²) in [7, 11) is 0. The summed E-state index contributed by atoms with van der Waals surface area (Å²) in [6, 6.07) is 4.98. The minimum absolute atomic E-state index is 0.00857. The molecule has 2 aromatic rings. The van der Waals surface area contributed by atoms with Gasteiger partial charge in [0.25, 0.3) is 0 Å². The number of halogens is 4. The number of piperidine rings is 1. The largest absolute Gasteiger partial charge is 0.416 e. The van der Waals surface area contributed by atoms with Crippen molar-refractivity contribution < 1.29 is 22.7 Å². The summed E-state index contributed by atoms with van der Waals surface area (Å²) in [5.41, 5.74) is -0.0701. The lowest BCUT2D eigenvalue weighted by Crippen LogP contribution is -2.43. The van der Waals surface area contributed by atoms with E-state index < -0.39 is 23.7 Å². The number of hydrogen-bond donors (Lipinski definition) is 3. The summed E-state index contributed by atoms with van der Waals surface area (Å²) in [6.45, 7) is 1.94. The van der Waals surface area contributed by atoms with Gasteiger partial charge in [0.05, 0.1) is 11.7 Å². The molecule has 2 fully saturated rings. The van der Waals surface area contributed by atoms with Crippen LogP contribution < -0.4 is 15.5 Å². The number of nitrogens with zero attached hydrogens (tertiary/aromatic N) is 3. The Morgan fingerprint density at radius 2 is 1.87 bits per heavy atom. The molecule has 1 aliphatic carbocycles. The minimum atomic E-state index is -4.39. The molecule has 0 bridgehead atoms. The fourth-order valence-electron chi connectivity index (χ4n) is 3.81. The minimum Gasteiger partial charge on any atom is -0.391 e. The van der Waals surface area contributed by atoms with Crippen LogP contribution in [0.5, 0.6) is 0 Å². The van der Waals surface area contributed by atoms with Crippen LogP contribution >= 0.6 is 0 Å². The quantitative estimate of drug-likeness (QED) is 0.576. The fourth-order valence-corrected chi connectivity index (χ4v) is 3.81. The maximum absolute atomic E-state index is 15.2. The van der Waals surface area contributed by atoms with Gasteiger partial charge in [-0.1, -0.05) is 12.1 Å². The van der Waals surface area contributed by atoms with Gasteiger partial charge in [-0.2, -0.15) is 17.6 Å². The maximum Gasteiger partial charge on any atom is 0.416 e. The van der Waals surface area contributed by atoms with E-state index in [4.69, 9.17) is 0 Å². The molecule has 1 aliphatic heterocycles. The molecule has 1 saturated heterocycles. The highest BCUT2D eigenvalue weighted by atomic mass is 19.4. The van der Waals surface area contributed by atoms with Gasteiger partial charge in [-0.15, -0.1) is 0 Å². The van der Waals surface area contributed by atoms with E-state index in [-0.39, 0.29) is 30.1 Å². The fraction of sp³-hybridized carbons (Fsp3) is 0.524. The van der Waals surface area contributed by atoms with E-state index in [1.54, 1.807) is 4.90 Å². The summed E-state index contributed by atoms with van der Waals surface area (Å²) in [5.74, 6) is -0.407. The van der Waals surface area contributed by atoms with Crippen LogP contribution in [0.15, 0.2) is 30.6 Å². The van der Waals surface area contributed by atoms with Gasteiger partial charge in [0.2, 0.25) is 5.82 Å². The zero-order valence-corrected chi connectivity index (χ0v) is 16.9. The second-order valence-corrected chi connectivity index (χ2v) is 8.11. The van der Waals surface area contributed by atoms with Crippen LogP contribution in [0.2, 0.25) is 0 Å². The topological polar surface area (TPSA) is 73.3 Å². The van der Waals surface area contributed by atoms with E-state index in [0.717, 1.165) is 37.9 Å². The van der Waals surface area contributed by atoms with Crippen LogP contribution in [-0.2, 0) is 12.7 Å².